The van der Waals surface area contributed by atoms with E-state index in [1.165, 1.54) is 11.3 Å². The molecule has 0 aliphatic rings. The summed E-state index contributed by atoms with van der Waals surface area (Å²) in [5.74, 6) is 0. The fraction of sp³-hybridized carbons (Fsp3) is 0.0952. The zero-order valence-electron chi connectivity index (χ0n) is 14.7. The number of nitrogens with zero attached hydrogens (tertiary/aromatic N) is 4. The lowest BCUT2D eigenvalue weighted by Crippen LogP contribution is -2.21. The summed E-state index contributed by atoms with van der Waals surface area (Å²) in [5, 5.41) is 2.68. The molecule has 0 amide bonds. The van der Waals surface area contributed by atoms with Crippen LogP contribution in [0.15, 0.2) is 71.4 Å². The number of hydrogen-bond acceptors (Lipinski definition) is 4. The van der Waals surface area contributed by atoms with E-state index < -0.39 is 0 Å². The van der Waals surface area contributed by atoms with Gasteiger partial charge in [0.15, 0.2) is 0 Å². The maximum absolute atomic E-state index is 13.2. The molecule has 1 aromatic carbocycles. The van der Waals surface area contributed by atoms with Gasteiger partial charge >= 0.3 is 0 Å². The summed E-state index contributed by atoms with van der Waals surface area (Å²) >= 11 is 1.50. The van der Waals surface area contributed by atoms with Crippen molar-refractivity contribution in [3.8, 4) is 11.1 Å². The second-order valence-electron chi connectivity index (χ2n) is 6.53. The normalized spacial score (nSPS) is 11.4. The van der Waals surface area contributed by atoms with Crippen molar-refractivity contribution in [1.82, 2.24) is 18.9 Å². The van der Waals surface area contributed by atoms with Crippen molar-refractivity contribution in [1.29, 1.82) is 0 Å². The second-order valence-corrected chi connectivity index (χ2v) is 7.39. The molecule has 6 heteroatoms. The fourth-order valence-electron chi connectivity index (χ4n) is 3.37. The third-order valence-corrected chi connectivity index (χ3v) is 5.59. The highest BCUT2D eigenvalue weighted by atomic mass is 32.1. The van der Waals surface area contributed by atoms with E-state index in [0.717, 1.165) is 32.9 Å². The molecule has 0 saturated heterocycles. The molecule has 132 valence electrons. The molecule has 0 atom stereocenters. The molecule has 5 aromatic rings. The van der Waals surface area contributed by atoms with Gasteiger partial charge in [0, 0.05) is 23.3 Å². The first-order valence-electron chi connectivity index (χ1n) is 8.66. The molecule has 5 rings (SSSR count). The molecule has 27 heavy (non-hydrogen) atoms. The van der Waals surface area contributed by atoms with Gasteiger partial charge in [-0.05, 0) is 24.1 Å². The predicted molar refractivity (Wildman–Crippen MR) is 108 cm³/mol. The van der Waals surface area contributed by atoms with E-state index in [1.54, 1.807) is 10.9 Å². The van der Waals surface area contributed by atoms with Crippen LogP contribution in [0.25, 0.3) is 27.0 Å². The standard InChI is InChI=1S/C21H16N4OS/c1-14-6-5-9-24-10-16(23-19(14)24)11-25-13-22-20-18(21(25)26)17(12-27-20)15-7-3-2-4-8-15/h2-10,12-13H,11H2,1H3. The molecule has 4 heterocycles. The van der Waals surface area contributed by atoms with Gasteiger partial charge in [-0.15, -0.1) is 11.3 Å². The van der Waals surface area contributed by atoms with Crippen LogP contribution in [0.2, 0.25) is 0 Å². The maximum Gasteiger partial charge on any atom is 0.263 e. The lowest BCUT2D eigenvalue weighted by atomic mass is 10.1. The molecule has 0 aliphatic carbocycles. The minimum absolute atomic E-state index is 0.0334. The van der Waals surface area contributed by atoms with Crippen molar-refractivity contribution < 1.29 is 0 Å². The molecule has 0 N–H and O–H groups in total. The first-order chi connectivity index (χ1) is 13.2. The minimum atomic E-state index is -0.0334. The van der Waals surface area contributed by atoms with Crippen LogP contribution in [0.1, 0.15) is 11.3 Å². The highest BCUT2D eigenvalue weighted by Crippen LogP contribution is 2.30. The smallest absolute Gasteiger partial charge is 0.263 e. The van der Waals surface area contributed by atoms with Crippen LogP contribution in [0.3, 0.4) is 0 Å². The van der Waals surface area contributed by atoms with Gasteiger partial charge in [0.05, 0.1) is 24.0 Å². The summed E-state index contributed by atoms with van der Waals surface area (Å²) in [7, 11) is 0. The number of thiophene rings is 1. The topological polar surface area (TPSA) is 52.2 Å². The lowest BCUT2D eigenvalue weighted by Gasteiger charge is -2.04. The molecule has 4 aromatic heterocycles. The van der Waals surface area contributed by atoms with Gasteiger partial charge in [-0.1, -0.05) is 36.4 Å². The molecule has 0 fully saturated rings. The van der Waals surface area contributed by atoms with E-state index in [1.807, 2.05) is 71.6 Å². The third kappa shape index (κ3) is 2.65. The molecular weight excluding hydrogens is 356 g/mol. The molecular formula is C21H16N4OS. The zero-order chi connectivity index (χ0) is 18.4. The number of aryl methyl sites for hydroxylation is 1. The van der Waals surface area contributed by atoms with E-state index in [4.69, 9.17) is 0 Å². The Morgan fingerprint density at radius 3 is 2.78 bits per heavy atom. The van der Waals surface area contributed by atoms with Crippen LogP contribution in [-0.2, 0) is 6.54 Å². The lowest BCUT2D eigenvalue weighted by molar-refractivity contribution is 0.735. The summed E-state index contributed by atoms with van der Waals surface area (Å²) in [6, 6.07) is 14.0. The third-order valence-electron chi connectivity index (χ3n) is 4.71. The van der Waals surface area contributed by atoms with Crippen molar-refractivity contribution in [2.45, 2.75) is 13.5 Å². The second kappa shape index (κ2) is 6.17. The predicted octanol–water partition coefficient (Wildman–Crippen LogP) is 4.13. The van der Waals surface area contributed by atoms with Gasteiger partial charge in [-0.3, -0.25) is 9.36 Å². The SMILES string of the molecule is Cc1cccn2cc(Cn3cnc4scc(-c5ccccc5)c4c3=O)nc12. The Morgan fingerprint density at radius 2 is 1.96 bits per heavy atom. The maximum atomic E-state index is 13.2. The number of rotatable bonds is 3. The largest absolute Gasteiger partial charge is 0.307 e. The Labute approximate surface area is 159 Å². The number of aromatic nitrogens is 4. The van der Waals surface area contributed by atoms with Crippen molar-refractivity contribution in [2.24, 2.45) is 0 Å². The van der Waals surface area contributed by atoms with Crippen molar-refractivity contribution in [3.63, 3.8) is 0 Å². The Kier molecular flexibility index (Phi) is 3.65. The Bertz CT molecular complexity index is 1330. The number of pyridine rings is 1. The summed E-state index contributed by atoms with van der Waals surface area (Å²) in [6.07, 6.45) is 5.55. The molecule has 0 spiro atoms. The first kappa shape index (κ1) is 16.0. The first-order valence-corrected chi connectivity index (χ1v) is 9.54. The van der Waals surface area contributed by atoms with E-state index in [2.05, 4.69) is 9.97 Å². The Morgan fingerprint density at radius 1 is 1.11 bits per heavy atom. The quantitative estimate of drug-likeness (QED) is 0.478. The average Bonchev–Trinajstić information content (AvgIpc) is 3.30. The Hall–Kier alpha value is -3.25. The van der Waals surface area contributed by atoms with Crippen LogP contribution in [-0.4, -0.2) is 18.9 Å². The van der Waals surface area contributed by atoms with Crippen LogP contribution >= 0.6 is 11.3 Å². The van der Waals surface area contributed by atoms with Crippen LogP contribution in [0.4, 0.5) is 0 Å². The summed E-state index contributed by atoms with van der Waals surface area (Å²) in [5.41, 5.74) is 4.79. The van der Waals surface area contributed by atoms with Crippen molar-refractivity contribution >= 4 is 27.2 Å². The van der Waals surface area contributed by atoms with E-state index in [-0.39, 0.29) is 5.56 Å². The van der Waals surface area contributed by atoms with Gasteiger partial charge in [-0.25, -0.2) is 9.97 Å². The molecule has 0 unspecified atom stereocenters. The van der Waals surface area contributed by atoms with Gasteiger partial charge in [-0.2, -0.15) is 0 Å². The number of hydrogen-bond donors (Lipinski definition) is 0. The van der Waals surface area contributed by atoms with Crippen molar-refractivity contribution in [3.05, 3.63) is 88.2 Å². The molecule has 0 bridgehead atoms. The molecule has 0 aliphatic heterocycles. The van der Waals surface area contributed by atoms with Gasteiger partial charge in [0.25, 0.3) is 5.56 Å². The zero-order valence-corrected chi connectivity index (χ0v) is 15.5. The summed E-state index contributed by atoms with van der Waals surface area (Å²) < 4.78 is 3.63. The molecule has 0 radical (unpaired) electrons. The number of benzene rings is 1. The fourth-order valence-corrected chi connectivity index (χ4v) is 4.27. The van der Waals surface area contributed by atoms with Crippen LogP contribution in [0.5, 0.6) is 0 Å². The molecule has 0 saturated carbocycles. The van der Waals surface area contributed by atoms with Crippen LogP contribution < -0.4 is 5.56 Å². The highest BCUT2D eigenvalue weighted by Gasteiger charge is 2.14. The summed E-state index contributed by atoms with van der Waals surface area (Å²) in [6.45, 7) is 2.43. The average molecular weight is 372 g/mol. The summed E-state index contributed by atoms with van der Waals surface area (Å²) in [4.78, 5) is 23.1. The monoisotopic (exact) mass is 372 g/mol. The van der Waals surface area contributed by atoms with Gasteiger partial charge in [0.2, 0.25) is 0 Å². The van der Waals surface area contributed by atoms with Crippen molar-refractivity contribution in [2.75, 3.05) is 0 Å². The van der Waals surface area contributed by atoms with E-state index in [0.29, 0.717) is 11.9 Å². The molecule has 5 nitrogen and oxygen atoms in total. The van der Waals surface area contributed by atoms with Crippen LogP contribution in [0, 0.1) is 6.92 Å². The number of fused-ring (bicyclic) bond motifs is 2. The van der Waals surface area contributed by atoms with Gasteiger partial charge < -0.3 is 4.40 Å². The number of imidazole rings is 1. The minimum Gasteiger partial charge on any atom is -0.307 e. The highest BCUT2D eigenvalue weighted by molar-refractivity contribution is 7.17. The Balaban J connectivity index is 1.62. The van der Waals surface area contributed by atoms with E-state index in [9.17, 15) is 4.79 Å². The van der Waals surface area contributed by atoms with E-state index >= 15 is 0 Å². The van der Waals surface area contributed by atoms with Gasteiger partial charge in [0.1, 0.15) is 10.5 Å².